The molecule has 2 aliphatic rings. The van der Waals surface area contributed by atoms with E-state index >= 15 is 0 Å². The van der Waals surface area contributed by atoms with Gasteiger partial charge in [0.05, 0.1) is 10.9 Å². The van der Waals surface area contributed by atoms with Crippen molar-refractivity contribution < 1.29 is 23.1 Å². The molecular weight excluding hydrogens is 423 g/mol. The topological polar surface area (TPSA) is 98.5 Å². The van der Waals surface area contributed by atoms with Crippen LogP contribution in [0.25, 0.3) is 0 Å². The fourth-order valence-electron chi connectivity index (χ4n) is 3.94. The average molecular weight is 443 g/mol. The molecule has 2 aromatic rings. The van der Waals surface area contributed by atoms with Crippen molar-refractivity contribution in [1.29, 1.82) is 5.26 Å². The summed E-state index contributed by atoms with van der Waals surface area (Å²) in [4.78, 5) is 13.0. The van der Waals surface area contributed by atoms with Gasteiger partial charge in [-0.1, -0.05) is 25.4 Å². The Kier molecular flexibility index (Phi) is 5.28. The molecule has 1 aromatic heterocycles. The molecule has 0 radical (unpaired) electrons. The first-order valence-electron chi connectivity index (χ1n) is 9.69. The predicted molar refractivity (Wildman–Crippen MR) is 110 cm³/mol. The van der Waals surface area contributed by atoms with E-state index in [9.17, 15) is 14.4 Å². The summed E-state index contributed by atoms with van der Waals surface area (Å²) in [7, 11) is 0. The number of ketones is 1. The molecule has 1 aromatic carbocycles. The molecule has 0 fully saturated rings. The lowest BCUT2D eigenvalue weighted by atomic mass is 9.71. The van der Waals surface area contributed by atoms with Gasteiger partial charge in [-0.25, -0.2) is 4.39 Å². The molecule has 0 spiro atoms. The minimum absolute atomic E-state index is 0.0240. The molecule has 4 rings (SSSR count). The summed E-state index contributed by atoms with van der Waals surface area (Å²) >= 11 is 5.98. The van der Waals surface area contributed by atoms with Crippen molar-refractivity contribution in [3.63, 3.8) is 0 Å². The normalized spacial score (nSPS) is 20.2. The fraction of sp³-hybridized carbons (Fsp3) is 0.304. The summed E-state index contributed by atoms with van der Waals surface area (Å²) in [5.41, 5.74) is 6.29. The standard InChI is InChI=1S/C23H20ClFN2O4/c1-23(2)8-16(28)21-19(9-23)31-22(27)14(10-26)20(21)18-6-4-13(30-18)11-29-17-5-3-12(25)7-15(17)24/h3-7,20H,8-9,11,27H2,1-2H3. The van der Waals surface area contributed by atoms with Crippen LogP contribution in [-0.4, -0.2) is 5.78 Å². The van der Waals surface area contributed by atoms with Crippen molar-refractivity contribution >= 4 is 17.4 Å². The lowest BCUT2D eigenvalue weighted by Gasteiger charge is -2.36. The maximum absolute atomic E-state index is 13.2. The van der Waals surface area contributed by atoms with Gasteiger partial charge in [0.1, 0.15) is 47.1 Å². The molecule has 2 heterocycles. The van der Waals surface area contributed by atoms with Crippen LogP contribution in [0.15, 0.2) is 57.5 Å². The van der Waals surface area contributed by atoms with Crippen LogP contribution < -0.4 is 10.5 Å². The van der Waals surface area contributed by atoms with Crippen LogP contribution in [0, 0.1) is 22.6 Å². The largest absolute Gasteiger partial charge is 0.484 e. The van der Waals surface area contributed by atoms with Gasteiger partial charge in [0.25, 0.3) is 0 Å². The summed E-state index contributed by atoms with van der Waals surface area (Å²) in [6, 6.07) is 9.25. The number of nitriles is 1. The predicted octanol–water partition coefficient (Wildman–Crippen LogP) is 5.10. The molecule has 1 aliphatic heterocycles. The van der Waals surface area contributed by atoms with Gasteiger partial charge >= 0.3 is 0 Å². The minimum Gasteiger partial charge on any atom is -0.484 e. The molecule has 1 atom stereocenters. The number of carbonyl (C=O) groups is 1. The Hall–Kier alpha value is -3.24. The quantitative estimate of drug-likeness (QED) is 0.707. The zero-order chi connectivity index (χ0) is 22.3. The smallest absolute Gasteiger partial charge is 0.205 e. The lowest BCUT2D eigenvalue weighted by Crippen LogP contribution is -2.33. The van der Waals surface area contributed by atoms with Crippen LogP contribution in [-0.2, 0) is 16.1 Å². The molecule has 8 heteroatoms. The molecule has 31 heavy (non-hydrogen) atoms. The summed E-state index contributed by atoms with van der Waals surface area (Å²) in [6.07, 6.45) is 0.869. The first-order chi connectivity index (χ1) is 14.7. The van der Waals surface area contributed by atoms with Gasteiger partial charge in [0.2, 0.25) is 5.88 Å². The molecule has 1 aliphatic carbocycles. The molecule has 1 unspecified atom stereocenters. The number of rotatable bonds is 4. The van der Waals surface area contributed by atoms with Crippen molar-refractivity contribution in [2.24, 2.45) is 11.1 Å². The second-order valence-corrected chi connectivity index (χ2v) is 8.78. The Morgan fingerprint density at radius 3 is 2.81 bits per heavy atom. The summed E-state index contributed by atoms with van der Waals surface area (Å²) < 4.78 is 30.4. The number of nitrogens with two attached hydrogens (primary N) is 1. The van der Waals surface area contributed by atoms with Gasteiger partial charge in [-0.15, -0.1) is 0 Å². The first kappa shape index (κ1) is 21.0. The van der Waals surface area contributed by atoms with Crippen LogP contribution in [0.2, 0.25) is 5.02 Å². The number of furan rings is 1. The maximum Gasteiger partial charge on any atom is 0.205 e. The second kappa shape index (κ2) is 7.78. The van der Waals surface area contributed by atoms with Crippen molar-refractivity contribution in [1.82, 2.24) is 0 Å². The number of ether oxygens (including phenoxy) is 2. The highest BCUT2D eigenvalue weighted by molar-refractivity contribution is 6.32. The van der Waals surface area contributed by atoms with Gasteiger partial charge in [-0.2, -0.15) is 5.26 Å². The highest BCUT2D eigenvalue weighted by atomic mass is 35.5. The molecule has 0 amide bonds. The van der Waals surface area contributed by atoms with Gasteiger partial charge in [-0.3, -0.25) is 4.79 Å². The van der Waals surface area contributed by atoms with E-state index in [4.69, 9.17) is 31.2 Å². The Bertz CT molecular complexity index is 1170. The van der Waals surface area contributed by atoms with E-state index in [1.807, 2.05) is 13.8 Å². The Morgan fingerprint density at radius 2 is 2.10 bits per heavy atom. The molecule has 2 N–H and O–H groups in total. The van der Waals surface area contributed by atoms with E-state index < -0.39 is 11.7 Å². The number of carbonyl (C=O) groups excluding carboxylic acids is 1. The van der Waals surface area contributed by atoms with Gasteiger partial charge in [0.15, 0.2) is 5.78 Å². The van der Waals surface area contributed by atoms with Crippen molar-refractivity contribution in [2.45, 2.75) is 39.2 Å². The SMILES string of the molecule is CC1(C)CC(=O)C2=C(C1)OC(N)=C(C#N)C2c1ccc(COc2ccc(F)cc2Cl)o1. The van der Waals surface area contributed by atoms with E-state index in [1.54, 1.807) is 12.1 Å². The van der Waals surface area contributed by atoms with Crippen LogP contribution in [0.1, 0.15) is 44.1 Å². The summed E-state index contributed by atoms with van der Waals surface area (Å²) in [5.74, 6) is 0.317. The van der Waals surface area contributed by atoms with Crippen LogP contribution in [0.4, 0.5) is 4.39 Å². The van der Waals surface area contributed by atoms with Gasteiger partial charge in [-0.05, 0) is 35.7 Å². The number of benzene rings is 1. The molecule has 0 saturated carbocycles. The molecular formula is C23H20ClFN2O4. The average Bonchev–Trinajstić information content (AvgIpc) is 3.14. The third-order valence-corrected chi connectivity index (χ3v) is 5.60. The van der Waals surface area contributed by atoms with Crippen molar-refractivity contribution in [3.05, 3.63) is 75.5 Å². The van der Waals surface area contributed by atoms with Crippen LogP contribution in [0.5, 0.6) is 5.75 Å². The minimum atomic E-state index is -0.736. The molecule has 0 saturated heterocycles. The first-order valence-corrected chi connectivity index (χ1v) is 10.1. The lowest BCUT2D eigenvalue weighted by molar-refractivity contribution is -0.119. The Labute approximate surface area is 183 Å². The molecule has 6 nitrogen and oxygen atoms in total. The van der Waals surface area contributed by atoms with Gasteiger partial charge < -0.3 is 19.6 Å². The fourth-order valence-corrected chi connectivity index (χ4v) is 4.16. The molecule has 160 valence electrons. The van der Waals surface area contributed by atoms with E-state index in [-0.39, 0.29) is 34.3 Å². The van der Waals surface area contributed by atoms with E-state index in [0.717, 1.165) is 6.07 Å². The maximum atomic E-state index is 13.2. The third-order valence-electron chi connectivity index (χ3n) is 5.31. The van der Waals surface area contributed by atoms with Crippen LogP contribution in [0.3, 0.4) is 0 Å². The molecule has 0 bridgehead atoms. The highest BCUT2D eigenvalue weighted by Gasteiger charge is 2.44. The van der Waals surface area contributed by atoms with Gasteiger partial charge in [0, 0.05) is 18.4 Å². The van der Waals surface area contributed by atoms with Crippen molar-refractivity contribution in [2.75, 3.05) is 0 Å². The number of Topliss-reactive ketones (excluding diaryl/α,β-unsaturated/α-hetero) is 1. The highest BCUT2D eigenvalue weighted by Crippen LogP contribution is 2.48. The number of halogens is 2. The monoisotopic (exact) mass is 442 g/mol. The third kappa shape index (κ3) is 4.04. The number of nitrogens with zero attached hydrogens (tertiary/aromatic N) is 1. The van der Waals surface area contributed by atoms with E-state index in [2.05, 4.69) is 6.07 Å². The Morgan fingerprint density at radius 1 is 1.32 bits per heavy atom. The Balaban J connectivity index is 1.63. The van der Waals surface area contributed by atoms with E-state index in [0.29, 0.717) is 41.4 Å². The van der Waals surface area contributed by atoms with Crippen molar-refractivity contribution in [3.8, 4) is 11.8 Å². The van der Waals surface area contributed by atoms with Crippen LogP contribution >= 0.6 is 11.6 Å². The zero-order valence-electron chi connectivity index (χ0n) is 17.0. The number of allylic oxidation sites excluding steroid dienone is 3. The van der Waals surface area contributed by atoms with E-state index in [1.165, 1.54) is 12.1 Å². The number of hydrogen-bond acceptors (Lipinski definition) is 6. The second-order valence-electron chi connectivity index (χ2n) is 8.37. The number of hydrogen-bond donors (Lipinski definition) is 1. The summed E-state index contributed by atoms with van der Waals surface area (Å²) in [6.45, 7) is 3.99. The summed E-state index contributed by atoms with van der Waals surface area (Å²) in [5, 5.41) is 9.81. The zero-order valence-corrected chi connectivity index (χ0v) is 17.8.